The molecule has 0 N–H and O–H groups in total. The summed E-state index contributed by atoms with van der Waals surface area (Å²) >= 11 is 0. The highest BCUT2D eigenvalue weighted by Crippen LogP contribution is 2.33. The Labute approximate surface area is 90.5 Å². The molecule has 1 heterocycles. The maximum absolute atomic E-state index is 10.8. The van der Waals surface area contributed by atoms with Gasteiger partial charge in [-0.25, -0.2) is 0 Å². The Kier molecular flexibility index (Phi) is 2.51. The molecule has 16 heavy (non-hydrogen) atoms. The van der Waals surface area contributed by atoms with Gasteiger partial charge in [0.05, 0.1) is 4.92 Å². The molecule has 0 unspecified atom stereocenters. The Hall–Kier alpha value is -2.43. The average molecular weight is 217 g/mol. The topological polar surface area (TPSA) is 73.3 Å². The fourth-order valence-corrected chi connectivity index (χ4v) is 1.48. The smallest absolute Gasteiger partial charge is 0.315 e. The molecule has 0 aliphatic heterocycles. The summed E-state index contributed by atoms with van der Waals surface area (Å²) in [4.78, 5) is 20.9. The first-order valence-corrected chi connectivity index (χ1v) is 4.50. The molecule has 0 fully saturated rings. The summed E-state index contributed by atoms with van der Waals surface area (Å²) in [5.74, 6) is -0.0297. The van der Waals surface area contributed by atoms with E-state index in [2.05, 4.69) is 0 Å². The Morgan fingerprint density at radius 3 is 2.50 bits per heavy atom. The van der Waals surface area contributed by atoms with Gasteiger partial charge < -0.3 is 4.42 Å². The van der Waals surface area contributed by atoms with Crippen LogP contribution in [0.4, 0.5) is 5.69 Å². The number of carbonyl (C=O) groups is 1. The lowest BCUT2D eigenvalue weighted by molar-refractivity contribution is -0.384. The summed E-state index contributed by atoms with van der Waals surface area (Å²) < 4.78 is 4.85. The van der Waals surface area contributed by atoms with Crippen molar-refractivity contribution in [2.75, 3.05) is 0 Å². The molecule has 80 valence electrons. The fourth-order valence-electron chi connectivity index (χ4n) is 1.48. The highest BCUT2D eigenvalue weighted by molar-refractivity contribution is 5.89. The van der Waals surface area contributed by atoms with Crippen LogP contribution in [0.1, 0.15) is 10.6 Å². The monoisotopic (exact) mass is 217 g/mol. The van der Waals surface area contributed by atoms with Crippen LogP contribution >= 0.6 is 0 Å². The normalized spacial score (nSPS) is 10.0. The molecular formula is C11H7NO4. The Morgan fingerprint density at radius 2 is 1.94 bits per heavy atom. The van der Waals surface area contributed by atoms with Crippen molar-refractivity contribution in [3.8, 4) is 11.1 Å². The second-order valence-electron chi connectivity index (χ2n) is 3.10. The van der Waals surface area contributed by atoms with Crippen LogP contribution in [0.3, 0.4) is 0 Å². The predicted octanol–water partition coefficient (Wildman–Crippen LogP) is 2.67. The van der Waals surface area contributed by atoms with Gasteiger partial charge in [0, 0.05) is 0 Å². The van der Waals surface area contributed by atoms with Crippen LogP contribution in [0.25, 0.3) is 11.1 Å². The summed E-state index contributed by atoms with van der Waals surface area (Å²) in [6.07, 6.45) is 1.45. The number of rotatable bonds is 3. The average Bonchev–Trinajstić information content (AvgIpc) is 2.73. The molecule has 0 bridgehead atoms. The summed E-state index contributed by atoms with van der Waals surface area (Å²) in [6, 6.07) is 8.63. The number of nitro groups is 1. The van der Waals surface area contributed by atoms with Crippen molar-refractivity contribution in [2.45, 2.75) is 0 Å². The van der Waals surface area contributed by atoms with Crippen molar-refractivity contribution in [2.24, 2.45) is 0 Å². The van der Waals surface area contributed by atoms with Crippen LogP contribution in [0, 0.1) is 10.1 Å². The van der Waals surface area contributed by atoms with Gasteiger partial charge in [0.2, 0.25) is 0 Å². The molecule has 1 aromatic heterocycles. The van der Waals surface area contributed by atoms with Gasteiger partial charge in [-0.15, -0.1) is 0 Å². The lowest BCUT2D eigenvalue weighted by Crippen LogP contribution is -1.90. The van der Waals surface area contributed by atoms with E-state index >= 15 is 0 Å². The van der Waals surface area contributed by atoms with E-state index in [4.69, 9.17) is 4.42 Å². The fraction of sp³-hybridized carbons (Fsp3) is 0. The number of furan rings is 1. The zero-order valence-electron chi connectivity index (χ0n) is 8.12. The number of aldehydes is 1. The maximum Gasteiger partial charge on any atom is 0.315 e. The van der Waals surface area contributed by atoms with Crippen molar-refractivity contribution >= 4 is 12.0 Å². The van der Waals surface area contributed by atoms with E-state index in [1.807, 2.05) is 0 Å². The highest BCUT2D eigenvalue weighted by Gasteiger charge is 2.23. The van der Waals surface area contributed by atoms with Crippen molar-refractivity contribution < 1.29 is 14.1 Å². The lowest BCUT2D eigenvalue weighted by Gasteiger charge is -1.97. The zero-order chi connectivity index (χ0) is 11.5. The van der Waals surface area contributed by atoms with E-state index < -0.39 is 4.92 Å². The second-order valence-corrected chi connectivity index (χ2v) is 3.10. The minimum Gasteiger partial charge on any atom is -0.453 e. The summed E-state index contributed by atoms with van der Waals surface area (Å²) in [7, 11) is 0. The molecule has 5 heteroatoms. The predicted molar refractivity (Wildman–Crippen MR) is 56.2 cm³/mol. The second kappa shape index (κ2) is 3.98. The Balaban J connectivity index is 2.66. The lowest BCUT2D eigenvalue weighted by atomic mass is 10.1. The van der Waals surface area contributed by atoms with E-state index in [1.165, 1.54) is 0 Å². The number of hydrogen-bond acceptors (Lipinski definition) is 4. The van der Waals surface area contributed by atoms with Crippen LogP contribution in [0.2, 0.25) is 0 Å². The maximum atomic E-state index is 10.8. The molecule has 0 saturated carbocycles. The van der Waals surface area contributed by atoms with Gasteiger partial charge in [0.15, 0.2) is 18.3 Å². The van der Waals surface area contributed by atoms with Crippen LogP contribution in [-0.4, -0.2) is 11.2 Å². The third-order valence-electron chi connectivity index (χ3n) is 2.17. The van der Waals surface area contributed by atoms with Crippen molar-refractivity contribution in [1.82, 2.24) is 0 Å². The van der Waals surface area contributed by atoms with E-state index in [0.29, 0.717) is 11.8 Å². The van der Waals surface area contributed by atoms with Gasteiger partial charge >= 0.3 is 5.69 Å². The first-order chi connectivity index (χ1) is 7.74. The van der Waals surface area contributed by atoms with Gasteiger partial charge in [-0.05, 0) is 5.56 Å². The Morgan fingerprint density at radius 1 is 1.25 bits per heavy atom. The first-order valence-electron chi connectivity index (χ1n) is 4.50. The highest BCUT2D eigenvalue weighted by atomic mass is 16.6. The van der Waals surface area contributed by atoms with Gasteiger partial charge in [-0.1, -0.05) is 30.3 Å². The quantitative estimate of drug-likeness (QED) is 0.450. The largest absolute Gasteiger partial charge is 0.453 e. The van der Waals surface area contributed by atoms with Crippen molar-refractivity contribution in [3.63, 3.8) is 0 Å². The van der Waals surface area contributed by atoms with Gasteiger partial charge in [0.1, 0.15) is 5.56 Å². The summed E-state index contributed by atoms with van der Waals surface area (Å²) in [5, 5.41) is 10.8. The molecule has 1 aromatic carbocycles. The van der Waals surface area contributed by atoms with Gasteiger partial charge in [-0.3, -0.25) is 14.9 Å². The molecule has 0 amide bonds. The first kappa shape index (κ1) is 10.1. The zero-order valence-corrected chi connectivity index (χ0v) is 8.12. The number of hydrogen-bond donors (Lipinski definition) is 0. The number of benzene rings is 1. The van der Waals surface area contributed by atoms with E-state index in [0.717, 1.165) is 6.26 Å². The molecule has 2 aromatic rings. The SMILES string of the molecule is O=Cc1occ([N+](=O)[O-])c1-c1ccccc1. The van der Waals surface area contributed by atoms with Crippen molar-refractivity contribution in [3.05, 3.63) is 52.5 Å². The van der Waals surface area contributed by atoms with Crippen molar-refractivity contribution in [1.29, 1.82) is 0 Å². The minimum atomic E-state index is -0.571. The molecule has 0 radical (unpaired) electrons. The van der Waals surface area contributed by atoms with Crippen LogP contribution in [0.5, 0.6) is 0 Å². The number of carbonyl (C=O) groups excluding carboxylic acids is 1. The third kappa shape index (κ3) is 1.58. The van der Waals surface area contributed by atoms with E-state index in [1.54, 1.807) is 30.3 Å². The molecule has 0 spiro atoms. The molecule has 2 rings (SSSR count). The standard InChI is InChI=1S/C11H7NO4/c13-6-10-11(8-4-2-1-3-5-8)9(7-16-10)12(14)15/h1-7H. The summed E-state index contributed by atoms with van der Waals surface area (Å²) in [6.45, 7) is 0. The molecule has 0 aliphatic rings. The van der Waals surface area contributed by atoms with Crippen LogP contribution < -0.4 is 0 Å². The van der Waals surface area contributed by atoms with Crippen LogP contribution in [-0.2, 0) is 0 Å². The summed E-state index contributed by atoms with van der Waals surface area (Å²) in [5.41, 5.74) is 0.610. The third-order valence-corrected chi connectivity index (χ3v) is 2.17. The molecule has 0 saturated heterocycles. The van der Waals surface area contributed by atoms with Gasteiger partial charge in [0.25, 0.3) is 0 Å². The van der Waals surface area contributed by atoms with Gasteiger partial charge in [-0.2, -0.15) is 0 Å². The molecule has 5 nitrogen and oxygen atoms in total. The van der Waals surface area contributed by atoms with Crippen LogP contribution in [0.15, 0.2) is 41.0 Å². The Bertz CT molecular complexity index is 530. The molecule has 0 atom stereocenters. The molecular weight excluding hydrogens is 210 g/mol. The van der Waals surface area contributed by atoms with E-state index in [-0.39, 0.29) is 17.0 Å². The number of nitrogens with zero attached hydrogens (tertiary/aromatic N) is 1. The minimum absolute atomic E-state index is 0.0297. The van der Waals surface area contributed by atoms with E-state index in [9.17, 15) is 14.9 Å². The molecule has 0 aliphatic carbocycles.